The molecule has 0 bridgehead atoms. The van der Waals surface area contributed by atoms with Gasteiger partial charge >= 0.3 is 0 Å². The summed E-state index contributed by atoms with van der Waals surface area (Å²) in [6.45, 7) is 4.32. The minimum Gasteiger partial charge on any atom is -0.311 e. The first kappa shape index (κ1) is 23.9. The van der Waals surface area contributed by atoms with Crippen LogP contribution in [-0.4, -0.2) is 45.1 Å². The molecule has 1 unspecified atom stereocenters. The Hall–Kier alpha value is -3.24. The fourth-order valence-corrected chi connectivity index (χ4v) is 5.08. The highest BCUT2D eigenvalue weighted by Crippen LogP contribution is 2.31. The lowest BCUT2D eigenvalue weighted by molar-refractivity contribution is -0.122. The zero-order valence-electron chi connectivity index (χ0n) is 19.4. The van der Waals surface area contributed by atoms with Crippen molar-refractivity contribution >= 4 is 49.7 Å². The van der Waals surface area contributed by atoms with Crippen LogP contribution in [0.2, 0.25) is 0 Å². The zero-order valence-corrected chi connectivity index (χ0v) is 21.0. The van der Waals surface area contributed by atoms with Gasteiger partial charge < -0.3 is 10.2 Å². The normalized spacial score (nSPS) is 16.1. The Balaban J connectivity index is 1.43. The molecular weight excluding hydrogens is 472 g/mol. The van der Waals surface area contributed by atoms with Crippen LogP contribution in [0.15, 0.2) is 47.8 Å². The topological polar surface area (TPSA) is 99.7 Å². The highest BCUT2D eigenvalue weighted by molar-refractivity contribution is 7.92. The summed E-state index contributed by atoms with van der Waals surface area (Å²) in [6, 6.07) is 12.8. The molecule has 3 aromatic rings. The third kappa shape index (κ3) is 4.83. The number of aryl methyl sites for hydroxylation is 1. The summed E-state index contributed by atoms with van der Waals surface area (Å²) >= 11 is 1.30. The molecular formula is C24H26N4O4S2. The third-order valence-electron chi connectivity index (χ3n) is 6.12. The van der Waals surface area contributed by atoms with Crippen molar-refractivity contribution in [2.24, 2.45) is 5.92 Å². The van der Waals surface area contributed by atoms with Gasteiger partial charge in [0.15, 0.2) is 5.13 Å². The van der Waals surface area contributed by atoms with E-state index in [2.05, 4.69) is 10.3 Å². The third-order valence-corrected chi connectivity index (χ3v) is 8.08. The van der Waals surface area contributed by atoms with Crippen molar-refractivity contribution in [2.75, 3.05) is 34.4 Å². The Morgan fingerprint density at radius 2 is 1.88 bits per heavy atom. The number of nitrogens with zero attached hydrogens (tertiary/aromatic N) is 3. The molecule has 2 amide bonds. The van der Waals surface area contributed by atoms with Crippen LogP contribution in [0.1, 0.15) is 17.5 Å². The van der Waals surface area contributed by atoms with Gasteiger partial charge in [0.05, 0.1) is 23.6 Å². The number of hydrogen-bond donors (Lipinski definition) is 1. The lowest BCUT2D eigenvalue weighted by Gasteiger charge is -2.20. The van der Waals surface area contributed by atoms with Crippen LogP contribution in [0.5, 0.6) is 0 Å². The molecule has 2 aromatic carbocycles. The van der Waals surface area contributed by atoms with Crippen molar-refractivity contribution < 1.29 is 18.0 Å². The number of amides is 2. The SMILES string of the molecule is Cc1cccc(N2CC(C(=O)Nc3nc(-c4ccc(N(C)S(C)(=O)=O)cc4)cs3)CC2=O)c1C. The molecule has 1 saturated heterocycles. The molecule has 1 aliphatic rings. The summed E-state index contributed by atoms with van der Waals surface area (Å²) in [4.78, 5) is 31.7. The summed E-state index contributed by atoms with van der Waals surface area (Å²) in [6.07, 6.45) is 1.31. The highest BCUT2D eigenvalue weighted by atomic mass is 32.2. The van der Waals surface area contributed by atoms with Gasteiger partial charge in [0.2, 0.25) is 21.8 Å². The van der Waals surface area contributed by atoms with Gasteiger partial charge in [-0.1, -0.05) is 24.3 Å². The van der Waals surface area contributed by atoms with Crippen molar-refractivity contribution in [3.63, 3.8) is 0 Å². The van der Waals surface area contributed by atoms with E-state index in [9.17, 15) is 18.0 Å². The predicted octanol–water partition coefficient (Wildman–Crippen LogP) is 3.81. The first-order valence-electron chi connectivity index (χ1n) is 10.7. The molecule has 178 valence electrons. The lowest BCUT2D eigenvalue weighted by Crippen LogP contribution is -2.28. The molecule has 0 spiro atoms. The Bertz CT molecular complexity index is 1350. The fourth-order valence-electron chi connectivity index (χ4n) is 3.85. The number of benzene rings is 2. The number of aromatic nitrogens is 1. The highest BCUT2D eigenvalue weighted by Gasteiger charge is 2.36. The summed E-state index contributed by atoms with van der Waals surface area (Å²) in [5.74, 6) is -0.745. The van der Waals surface area contributed by atoms with E-state index >= 15 is 0 Å². The summed E-state index contributed by atoms with van der Waals surface area (Å²) in [5.41, 5.74) is 5.02. The fraction of sp³-hybridized carbons (Fsp3) is 0.292. The maximum atomic E-state index is 12.9. The molecule has 1 fully saturated rings. The van der Waals surface area contributed by atoms with E-state index in [0.717, 1.165) is 28.6 Å². The van der Waals surface area contributed by atoms with Crippen molar-refractivity contribution in [3.05, 3.63) is 59.0 Å². The van der Waals surface area contributed by atoms with Crippen LogP contribution in [0.3, 0.4) is 0 Å². The number of rotatable bonds is 6. The Labute approximate surface area is 203 Å². The van der Waals surface area contributed by atoms with Gasteiger partial charge in [0.1, 0.15) is 0 Å². The molecule has 0 radical (unpaired) electrons. The summed E-state index contributed by atoms with van der Waals surface area (Å²) < 4.78 is 24.6. The standard InChI is InChI=1S/C24H26N4O4S2/c1-15-6-5-7-21(16(15)2)28-13-18(12-22(28)29)23(30)26-24-25-20(14-33-24)17-8-10-19(11-9-17)27(3)34(4,31)32/h5-11,14,18H,12-13H2,1-4H3,(H,25,26,30). The molecule has 1 atom stereocenters. The number of sulfonamides is 1. The number of nitrogens with one attached hydrogen (secondary N) is 1. The maximum absolute atomic E-state index is 12.9. The second-order valence-electron chi connectivity index (χ2n) is 8.43. The van der Waals surface area contributed by atoms with Crippen molar-refractivity contribution in [3.8, 4) is 11.3 Å². The van der Waals surface area contributed by atoms with Crippen LogP contribution in [-0.2, 0) is 19.6 Å². The molecule has 0 aliphatic carbocycles. The second-order valence-corrected chi connectivity index (χ2v) is 11.3. The number of hydrogen-bond acceptors (Lipinski definition) is 6. The van der Waals surface area contributed by atoms with Crippen LogP contribution >= 0.6 is 11.3 Å². The first-order chi connectivity index (χ1) is 16.0. The largest absolute Gasteiger partial charge is 0.311 e. The van der Waals surface area contributed by atoms with Crippen LogP contribution < -0.4 is 14.5 Å². The molecule has 1 aliphatic heterocycles. The monoisotopic (exact) mass is 498 g/mol. The van der Waals surface area contributed by atoms with Crippen LogP contribution in [0.25, 0.3) is 11.3 Å². The van der Waals surface area contributed by atoms with Gasteiger partial charge in [-0.2, -0.15) is 0 Å². The minimum absolute atomic E-state index is 0.0622. The van der Waals surface area contributed by atoms with E-state index in [0.29, 0.717) is 23.1 Å². The zero-order chi connectivity index (χ0) is 24.6. The van der Waals surface area contributed by atoms with Crippen LogP contribution in [0.4, 0.5) is 16.5 Å². The average Bonchev–Trinajstić information content (AvgIpc) is 3.41. The molecule has 34 heavy (non-hydrogen) atoms. The van der Waals surface area contributed by atoms with Crippen molar-refractivity contribution in [2.45, 2.75) is 20.3 Å². The summed E-state index contributed by atoms with van der Waals surface area (Å²) in [5, 5.41) is 5.12. The lowest BCUT2D eigenvalue weighted by atomic mass is 10.1. The Morgan fingerprint density at radius 1 is 1.18 bits per heavy atom. The van der Waals surface area contributed by atoms with Gasteiger partial charge in [-0.05, 0) is 43.2 Å². The van der Waals surface area contributed by atoms with E-state index in [1.165, 1.54) is 22.7 Å². The maximum Gasteiger partial charge on any atom is 0.231 e. The molecule has 1 N–H and O–H groups in total. The molecule has 4 rings (SSSR count). The molecule has 1 aromatic heterocycles. The Morgan fingerprint density at radius 3 is 2.56 bits per heavy atom. The summed E-state index contributed by atoms with van der Waals surface area (Å²) in [7, 11) is -1.84. The number of carbonyl (C=O) groups excluding carboxylic acids is 2. The molecule has 0 saturated carbocycles. The average molecular weight is 499 g/mol. The number of anilines is 3. The van der Waals surface area contributed by atoms with Gasteiger partial charge in [0, 0.05) is 36.6 Å². The Kier molecular flexibility index (Phi) is 6.46. The quantitative estimate of drug-likeness (QED) is 0.557. The van der Waals surface area contributed by atoms with E-state index in [4.69, 9.17) is 0 Å². The van der Waals surface area contributed by atoms with Crippen molar-refractivity contribution in [1.82, 2.24) is 4.98 Å². The smallest absolute Gasteiger partial charge is 0.231 e. The predicted molar refractivity (Wildman–Crippen MR) is 136 cm³/mol. The number of carbonyl (C=O) groups is 2. The van der Waals surface area contributed by atoms with Crippen molar-refractivity contribution in [1.29, 1.82) is 0 Å². The first-order valence-corrected chi connectivity index (χ1v) is 13.4. The number of thiazole rings is 1. The van der Waals surface area contributed by atoms with Gasteiger partial charge in [-0.15, -0.1) is 11.3 Å². The van der Waals surface area contributed by atoms with E-state index < -0.39 is 15.9 Å². The molecule has 8 nitrogen and oxygen atoms in total. The second kappa shape index (κ2) is 9.19. The van der Waals surface area contributed by atoms with E-state index in [1.54, 1.807) is 29.2 Å². The van der Waals surface area contributed by atoms with E-state index in [1.807, 2.05) is 37.4 Å². The van der Waals surface area contributed by atoms with E-state index in [-0.39, 0.29) is 18.2 Å². The molecule has 10 heteroatoms. The van der Waals surface area contributed by atoms with Gasteiger partial charge in [-0.25, -0.2) is 13.4 Å². The van der Waals surface area contributed by atoms with Gasteiger partial charge in [-0.3, -0.25) is 13.9 Å². The van der Waals surface area contributed by atoms with Crippen LogP contribution in [0, 0.1) is 19.8 Å². The van der Waals surface area contributed by atoms with Gasteiger partial charge in [0.25, 0.3) is 0 Å². The minimum atomic E-state index is -3.34. The molecule has 2 heterocycles.